The van der Waals surface area contributed by atoms with Gasteiger partial charge in [0.1, 0.15) is 5.41 Å². The Kier molecular flexibility index (Phi) is 7.52. The number of para-hydroxylation sites is 2. The molecule has 0 radical (unpaired) electrons. The molecule has 0 aliphatic carbocycles. The molecular formula is C22H25Cl2N3O3S. The van der Waals surface area contributed by atoms with Crippen molar-refractivity contribution in [1.82, 2.24) is 4.90 Å². The van der Waals surface area contributed by atoms with Gasteiger partial charge in [-0.15, -0.1) is 4.91 Å². The van der Waals surface area contributed by atoms with E-state index in [0.717, 1.165) is 11.9 Å². The summed E-state index contributed by atoms with van der Waals surface area (Å²) in [6.45, 7) is 3.21. The maximum Gasteiger partial charge on any atom is 0.315 e. The van der Waals surface area contributed by atoms with E-state index in [1.807, 2.05) is 32.2 Å². The van der Waals surface area contributed by atoms with Crippen LogP contribution < -0.4 is 5.32 Å². The summed E-state index contributed by atoms with van der Waals surface area (Å²) in [6, 6.07) is 12.4. The van der Waals surface area contributed by atoms with Crippen LogP contribution in [0.1, 0.15) is 31.7 Å². The van der Waals surface area contributed by atoms with Gasteiger partial charge >= 0.3 is 5.97 Å². The van der Waals surface area contributed by atoms with Crippen LogP contribution in [0.3, 0.4) is 0 Å². The van der Waals surface area contributed by atoms with E-state index in [-0.39, 0.29) is 0 Å². The first-order valence-electron chi connectivity index (χ1n) is 10.0. The lowest BCUT2D eigenvalue weighted by Gasteiger charge is -2.49. The Morgan fingerprint density at radius 2 is 1.81 bits per heavy atom. The summed E-state index contributed by atoms with van der Waals surface area (Å²) < 4.78 is 2.26. The Balaban J connectivity index is 2.20. The van der Waals surface area contributed by atoms with E-state index in [1.54, 1.807) is 24.3 Å². The van der Waals surface area contributed by atoms with Crippen LogP contribution >= 0.6 is 35.1 Å². The number of carboxylic acids is 1. The highest BCUT2D eigenvalue weighted by molar-refractivity contribution is 7.99. The van der Waals surface area contributed by atoms with E-state index < -0.39 is 16.1 Å². The van der Waals surface area contributed by atoms with Crippen LogP contribution in [-0.4, -0.2) is 40.9 Å². The molecule has 31 heavy (non-hydrogen) atoms. The minimum absolute atomic E-state index is 0.295. The first kappa shape index (κ1) is 23.9. The number of likely N-dealkylation sites (tertiary alicyclic amines) is 1. The molecule has 1 saturated heterocycles. The molecule has 166 valence electrons. The van der Waals surface area contributed by atoms with Gasteiger partial charge in [0.15, 0.2) is 0 Å². The van der Waals surface area contributed by atoms with Gasteiger partial charge in [0, 0.05) is 22.2 Å². The monoisotopic (exact) mass is 481 g/mol. The van der Waals surface area contributed by atoms with Gasteiger partial charge in [-0.25, -0.2) is 0 Å². The maximum atomic E-state index is 13.0. The third kappa shape index (κ3) is 4.29. The average molecular weight is 482 g/mol. The fourth-order valence-electron chi connectivity index (χ4n) is 4.58. The average Bonchev–Trinajstić information content (AvgIpc) is 2.74. The number of benzene rings is 2. The van der Waals surface area contributed by atoms with Crippen molar-refractivity contribution in [1.29, 1.82) is 0 Å². The Morgan fingerprint density at radius 3 is 2.35 bits per heavy atom. The molecule has 0 bridgehead atoms. The standard InChI is InChI=1S/C22H25Cl2N3O3S/c1-3-22(20(28)29,21(31-26-30)11-13-27(2)14-12-21)15-7-4-5-10-18(15)25-19-16(23)8-6-9-17(19)24/h4-10,25H,3,11-14H2,1-2H3,(H,28,29). The Bertz CT molecular complexity index is 947. The molecule has 1 aliphatic heterocycles. The van der Waals surface area contributed by atoms with Gasteiger partial charge < -0.3 is 15.3 Å². The van der Waals surface area contributed by atoms with E-state index >= 15 is 0 Å². The van der Waals surface area contributed by atoms with Gasteiger partial charge in [0.2, 0.25) is 0 Å². The highest BCUT2D eigenvalue weighted by Crippen LogP contribution is 2.55. The van der Waals surface area contributed by atoms with Crippen molar-refractivity contribution < 1.29 is 9.90 Å². The third-order valence-electron chi connectivity index (χ3n) is 6.29. The largest absolute Gasteiger partial charge is 0.481 e. The van der Waals surface area contributed by atoms with Crippen LogP contribution in [-0.2, 0) is 10.2 Å². The summed E-state index contributed by atoms with van der Waals surface area (Å²) >= 11 is 13.6. The number of hydrogen-bond acceptors (Lipinski definition) is 6. The number of halogens is 2. The van der Waals surface area contributed by atoms with Gasteiger partial charge in [-0.2, -0.15) is 0 Å². The summed E-state index contributed by atoms with van der Waals surface area (Å²) in [7, 11) is 1.99. The van der Waals surface area contributed by atoms with Crippen LogP contribution in [0.25, 0.3) is 0 Å². The van der Waals surface area contributed by atoms with Crippen molar-refractivity contribution in [3.63, 3.8) is 0 Å². The van der Waals surface area contributed by atoms with Gasteiger partial charge in [-0.05, 0) is 63.2 Å². The van der Waals surface area contributed by atoms with Crippen LogP contribution in [0.15, 0.2) is 47.0 Å². The smallest absolute Gasteiger partial charge is 0.315 e. The molecule has 6 nitrogen and oxygen atoms in total. The SMILES string of the molecule is CCC(C(=O)O)(c1ccccc1Nc1c(Cl)cccc1Cl)C1(SN=O)CCN(C)CC1. The molecule has 0 amide bonds. The van der Waals surface area contributed by atoms with E-state index in [2.05, 4.69) is 14.8 Å². The second-order valence-corrected chi connectivity index (χ2v) is 9.72. The molecule has 1 atom stereocenters. The summed E-state index contributed by atoms with van der Waals surface area (Å²) in [5.74, 6) is -0.977. The zero-order valence-corrected chi connectivity index (χ0v) is 19.7. The van der Waals surface area contributed by atoms with E-state index in [9.17, 15) is 14.8 Å². The summed E-state index contributed by atoms with van der Waals surface area (Å²) in [5.41, 5.74) is 0.338. The predicted molar refractivity (Wildman–Crippen MR) is 129 cm³/mol. The Labute approximate surface area is 196 Å². The fraction of sp³-hybridized carbons (Fsp3) is 0.409. The lowest BCUT2D eigenvalue weighted by atomic mass is 9.63. The number of carboxylic acid groups (broad SMARTS) is 1. The number of carbonyl (C=O) groups is 1. The lowest BCUT2D eigenvalue weighted by molar-refractivity contribution is -0.146. The molecule has 2 N–H and O–H groups in total. The third-order valence-corrected chi connectivity index (χ3v) is 8.10. The van der Waals surface area contributed by atoms with E-state index in [4.69, 9.17) is 23.2 Å². The van der Waals surface area contributed by atoms with Crippen molar-refractivity contribution in [2.75, 3.05) is 25.5 Å². The maximum absolute atomic E-state index is 13.0. The van der Waals surface area contributed by atoms with Crippen molar-refractivity contribution in [2.24, 2.45) is 4.58 Å². The van der Waals surface area contributed by atoms with Crippen molar-refractivity contribution in [3.8, 4) is 0 Å². The van der Waals surface area contributed by atoms with Crippen molar-refractivity contribution >= 4 is 52.5 Å². The summed E-state index contributed by atoms with van der Waals surface area (Å²) in [5, 5.41) is 14.7. The number of anilines is 2. The zero-order chi connectivity index (χ0) is 22.6. The van der Waals surface area contributed by atoms with Crippen molar-refractivity contribution in [2.45, 2.75) is 36.3 Å². The molecule has 0 spiro atoms. The van der Waals surface area contributed by atoms with Crippen LogP contribution in [0.5, 0.6) is 0 Å². The van der Waals surface area contributed by atoms with E-state index in [0.29, 0.717) is 59.3 Å². The van der Waals surface area contributed by atoms with Gasteiger partial charge in [-0.3, -0.25) is 4.79 Å². The lowest BCUT2D eigenvalue weighted by Crippen LogP contribution is -2.58. The molecule has 2 aromatic rings. The molecule has 0 saturated carbocycles. The fourth-order valence-corrected chi connectivity index (χ4v) is 6.08. The topological polar surface area (TPSA) is 82.0 Å². The molecule has 1 unspecified atom stereocenters. The predicted octanol–water partition coefficient (Wildman–Crippen LogP) is 6.35. The Hall–Kier alpha value is -1.80. The summed E-state index contributed by atoms with van der Waals surface area (Å²) in [4.78, 5) is 26.6. The highest BCUT2D eigenvalue weighted by atomic mass is 35.5. The number of hydrogen-bond donors (Lipinski definition) is 2. The summed E-state index contributed by atoms with van der Waals surface area (Å²) in [6.07, 6.45) is 1.35. The number of piperidine rings is 1. The number of nitrogens with one attached hydrogen (secondary N) is 1. The first-order chi connectivity index (χ1) is 14.8. The first-order valence-corrected chi connectivity index (χ1v) is 11.6. The second-order valence-electron chi connectivity index (χ2n) is 7.79. The van der Waals surface area contributed by atoms with Crippen LogP contribution in [0.2, 0.25) is 10.0 Å². The second kappa shape index (κ2) is 9.77. The number of nitrogens with zero attached hydrogens (tertiary/aromatic N) is 2. The molecule has 0 aromatic heterocycles. The zero-order valence-electron chi connectivity index (χ0n) is 17.4. The van der Waals surface area contributed by atoms with Gasteiger partial charge in [-0.1, -0.05) is 54.4 Å². The van der Waals surface area contributed by atoms with E-state index in [1.165, 1.54) is 0 Å². The minimum atomic E-state index is -1.34. The molecular weight excluding hydrogens is 457 g/mol. The molecule has 1 heterocycles. The number of aliphatic carboxylic acids is 1. The molecule has 2 aromatic carbocycles. The minimum Gasteiger partial charge on any atom is -0.481 e. The molecule has 9 heteroatoms. The molecule has 1 fully saturated rings. The quantitative estimate of drug-likeness (QED) is 0.337. The van der Waals surface area contributed by atoms with Crippen LogP contribution in [0, 0.1) is 4.91 Å². The number of nitroso groups, excluding NO2 is 1. The number of rotatable bonds is 8. The molecule has 1 aliphatic rings. The van der Waals surface area contributed by atoms with Gasteiger partial charge in [0.05, 0.1) is 20.5 Å². The van der Waals surface area contributed by atoms with Crippen molar-refractivity contribution in [3.05, 3.63) is 63.0 Å². The normalized spacial score (nSPS) is 18.2. The molecule has 3 rings (SSSR count). The Morgan fingerprint density at radius 1 is 1.19 bits per heavy atom. The van der Waals surface area contributed by atoms with Gasteiger partial charge in [0.25, 0.3) is 0 Å². The van der Waals surface area contributed by atoms with Crippen LogP contribution in [0.4, 0.5) is 11.4 Å². The highest BCUT2D eigenvalue weighted by Gasteiger charge is 2.59.